The lowest BCUT2D eigenvalue weighted by molar-refractivity contribution is -0.119. The Morgan fingerprint density at radius 3 is 2.78 bits per heavy atom. The standard InChI is InChI=1S/C22H19F2N5O2S/c1-3-10-28-20(31)16-6-4-5-7-18(16)29-21(28)26-27-22(29)32-12-19(30)25-13(2)15-9-8-14(23)11-17(15)24/h3-9,11,13H,1,10,12H2,2H3,(H,25,30). The van der Waals surface area contributed by atoms with E-state index in [0.717, 1.165) is 23.9 Å². The molecule has 1 atom stereocenters. The summed E-state index contributed by atoms with van der Waals surface area (Å²) in [4.78, 5) is 25.3. The SMILES string of the molecule is C=CCn1c(=O)c2ccccc2n2c(SCC(=O)NC(C)c3ccc(F)cc3F)nnc12. The maximum absolute atomic E-state index is 14.0. The second-order valence-electron chi connectivity index (χ2n) is 7.08. The maximum atomic E-state index is 14.0. The first-order chi connectivity index (χ1) is 15.4. The fourth-order valence-corrected chi connectivity index (χ4v) is 4.22. The fraction of sp³-hybridized carbons (Fsp3) is 0.182. The molecular weight excluding hydrogens is 436 g/mol. The lowest BCUT2D eigenvalue weighted by atomic mass is 10.1. The Bertz CT molecular complexity index is 1400. The second-order valence-corrected chi connectivity index (χ2v) is 8.03. The highest BCUT2D eigenvalue weighted by Crippen LogP contribution is 2.22. The number of halogens is 2. The summed E-state index contributed by atoms with van der Waals surface area (Å²) in [6, 6.07) is 9.67. The van der Waals surface area contributed by atoms with Gasteiger partial charge < -0.3 is 5.32 Å². The minimum Gasteiger partial charge on any atom is -0.349 e. The Balaban J connectivity index is 1.59. The number of aromatic nitrogens is 4. The highest BCUT2D eigenvalue weighted by atomic mass is 32.2. The topological polar surface area (TPSA) is 81.3 Å². The third-order valence-electron chi connectivity index (χ3n) is 4.93. The summed E-state index contributed by atoms with van der Waals surface area (Å²) in [5.74, 6) is -1.42. The molecule has 2 aromatic heterocycles. The highest BCUT2D eigenvalue weighted by molar-refractivity contribution is 7.99. The molecule has 0 bridgehead atoms. The van der Waals surface area contributed by atoms with Crippen LogP contribution in [0.1, 0.15) is 18.5 Å². The third-order valence-corrected chi connectivity index (χ3v) is 5.86. The minimum absolute atomic E-state index is 0.0111. The van der Waals surface area contributed by atoms with Crippen molar-refractivity contribution in [2.45, 2.75) is 24.7 Å². The molecule has 7 nitrogen and oxygen atoms in total. The van der Waals surface area contributed by atoms with E-state index in [4.69, 9.17) is 0 Å². The molecule has 0 saturated carbocycles. The van der Waals surface area contributed by atoms with Crippen LogP contribution in [0.15, 0.2) is 65.1 Å². The van der Waals surface area contributed by atoms with Crippen molar-refractivity contribution in [3.05, 3.63) is 82.7 Å². The summed E-state index contributed by atoms with van der Waals surface area (Å²) >= 11 is 1.14. The molecule has 0 fully saturated rings. The number of nitrogens with zero attached hydrogens (tertiary/aromatic N) is 4. The van der Waals surface area contributed by atoms with Crippen molar-refractivity contribution >= 4 is 34.3 Å². The van der Waals surface area contributed by atoms with Gasteiger partial charge in [0.25, 0.3) is 5.56 Å². The molecule has 0 radical (unpaired) electrons. The number of thioether (sulfide) groups is 1. The molecule has 0 saturated heterocycles. The van der Waals surface area contributed by atoms with Crippen molar-refractivity contribution in [3.8, 4) is 0 Å². The highest BCUT2D eigenvalue weighted by Gasteiger charge is 2.18. The molecule has 164 valence electrons. The van der Waals surface area contributed by atoms with Gasteiger partial charge in [-0.2, -0.15) is 0 Å². The number of benzene rings is 2. The van der Waals surface area contributed by atoms with Gasteiger partial charge in [-0.3, -0.25) is 18.6 Å². The van der Waals surface area contributed by atoms with E-state index in [0.29, 0.717) is 21.8 Å². The van der Waals surface area contributed by atoms with Crippen LogP contribution in [0.4, 0.5) is 8.78 Å². The normalized spacial score (nSPS) is 12.2. The van der Waals surface area contributed by atoms with Gasteiger partial charge in [0.2, 0.25) is 11.7 Å². The van der Waals surface area contributed by atoms with Gasteiger partial charge in [-0.1, -0.05) is 36.0 Å². The summed E-state index contributed by atoms with van der Waals surface area (Å²) < 4.78 is 30.3. The molecule has 0 spiro atoms. The quantitative estimate of drug-likeness (QED) is 0.341. The van der Waals surface area contributed by atoms with Crippen LogP contribution in [0.5, 0.6) is 0 Å². The zero-order valence-corrected chi connectivity index (χ0v) is 17.9. The van der Waals surface area contributed by atoms with E-state index in [1.807, 2.05) is 0 Å². The van der Waals surface area contributed by atoms with Crippen molar-refractivity contribution in [1.82, 2.24) is 24.5 Å². The van der Waals surface area contributed by atoms with Gasteiger partial charge in [-0.15, -0.1) is 16.8 Å². The van der Waals surface area contributed by atoms with Gasteiger partial charge >= 0.3 is 0 Å². The predicted octanol–water partition coefficient (Wildman–Crippen LogP) is 3.48. The van der Waals surface area contributed by atoms with Crippen LogP contribution in [0.3, 0.4) is 0 Å². The van der Waals surface area contributed by atoms with Gasteiger partial charge in [0.05, 0.1) is 22.7 Å². The summed E-state index contributed by atoms with van der Waals surface area (Å²) in [6.45, 7) is 5.57. The smallest absolute Gasteiger partial charge is 0.263 e. The molecule has 2 heterocycles. The fourth-order valence-electron chi connectivity index (χ4n) is 3.46. The molecule has 4 rings (SSSR count). The van der Waals surface area contributed by atoms with E-state index in [1.165, 1.54) is 10.6 Å². The first kappa shape index (κ1) is 21.7. The van der Waals surface area contributed by atoms with Gasteiger partial charge in [0.15, 0.2) is 5.16 Å². The van der Waals surface area contributed by atoms with Gasteiger partial charge in [-0.05, 0) is 25.1 Å². The molecule has 0 aliphatic carbocycles. The van der Waals surface area contributed by atoms with Crippen LogP contribution in [-0.4, -0.2) is 30.8 Å². The summed E-state index contributed by atoms with van der Waals surface area (Å²) in [6.07, 6.45) is 1.60. The van der Waals surface area contributed by atoms with Crippen molar-refractivity contribution in [2.75, 3.05) is 5.75 Å². The van der Waals surface area contributed by atoms with Crippen molar-refractivity contribution in [1.29, 1.82) is 0 Å². The molecule has 1 unspecified atom stereocenters. The molecule has 1 N–H and O–H groups in total. The molecule has 4 aromatic rings. The van der Waals surface area contributed by atoms with Crippen LogP contribution in [0, 0.1) is 11.6 Å². The number of fused-ring (bicyclic) bond motifs is 3. The number of hydrogen-bond acceptors (Lipinski definition) is 5. The van der Waals surface area contributed by atoms with Crippen molar-refractivity contribution in [2.24, 2.45) is 0 Å². The average Bonchev–Trinajstić information content (AvgIpc) is 3.19. The third kappa shape index (κ3) is 4.01. The zero-order chi connectivity index (χ0) is 22.8. The first-order valence-electron chi connectivity index (χ1n) is 9.75. The molecule has 32 heavy (non-hydrogen) atoms. The van der Waals surface area contributed by atoms with E-state index in [2.05, 4.69) is 22.1 Å². The minimum atomic E-state index is -0.722. The Morgan fingerprint density at radius 1 is 1.25 bits per heavy atom. The number of rotatable bonds is 7. The lowest BCUT2D eigenvalue weighted by Gasteiger charge is -2.15. The number of amides is 1. The van der Waals surface area contributed by atoms with Crippen LogP contribution in [-0.2, 0) is 11.3 Å². The average molecular weight is 455 g/mol. The number of hydrogen-bond donors (Lipinski definition) is 1. The Morgan fingerprint density at radius 2 is 2.03 bits per heavy atom. The summed E-state index contributed by atoms with van der Waals surface area (Å²) in [7, 11) is 0. The Kier molecular flexibility index (Phi) is 6.04. The van der Waals surface area contributed by atoms with Crippen molar-refractivity contribution in [3.63, 3.8) is 0 Å². The summed E-state index contributed by atoms with van der Waals surface area (Å²) in [5, 5.41) is 11.9. The monoisotopic (exact) mass is 455 g/mol. The number of carbonyl (C=O) groups is 1. The molecule has 1 amide bonds. The van der Waals surface area contributed by atoms with E-state index in [1.54, 1.807) is 41.7 Å². The number of nitrogens with one attached hydrogen (secondary N) is 1. The van der Waals surface area contributed by atoms with E-state index in [9.17, 15) is 18.4 Å². The van der Waals surface area contributed by atoms with E-state index >= 15 is 0 Å². The number of allylic oxidation sites excluding steroid dienone is 1. The van der Waals surface area contributed by atoms with Crippen molar-refractivity contribution < 1.29 is 13.6 Å². The lowest BCUT2D eigenvalue weighted by Crippen LogP contribution is -2.28. The Labute approximate surface area is 185 Å². The zero-order valence-electron chi connectivity index (χ0n) is 17.1. The van der Waals surface area contributed by atoms with Crippen LogP contribution >= 0.6 is 11.8 Å². The van der Waals surface area contributed by atoms with Crippen LogP contribution < -0.4 is 10.9 Å². The molecule has 2 aromatic carbocycles. The van der Waals surface area contributed by atoms with Crippen LogP contribution in [0.25, 0.3) is 16.7 Å². The van der Waals surface area contributed by atoms with E-state index < -0.39 is 17.7 Å². The second kappa shape index (κ2) is 8.91. The largest absolute Gasteiger partial charge is 0.349 e. The number of carbonyl (C=O) groups excluding carboxylic acids is 1. The molecule has 0 aliphatic heterocycles. The Hall–Kier alpha value is -3.53. The predicted molar refractivity (Wildman–Crippen MR) is 119 cm³/mol. The maximum Gasteiger partial charge on any atom is 0.263 e. The van der Waals surface area contributed by atoms with Gasteiger partial charge in [0.1, 0.15) is 11.6 Å². The molecule has 10 heteroatoms. The van der Waals surface area contributed by atoms with Gasteiger partial charge in [0, 0.05) is 18.2 Å². The van der Waals surface area contributed by atoms with E-state index in [-0.39, 0.29) is 29.3 Å². The molecule has 0 aliphatic rings. The first-order valence-corrected chi connectivity index (χ1v) is 10.7. The number of para-hydroxylation sites is 1. The van der Waals surface area contributed by atoms with Crippen LogP contribution in [0.2, 0.25) is 0 Å². The molecular formula is C22H19F2N5O2S. The summed E-state index contributed by atoms with van der Waals surface area (Å²) in [5.41, 5.74) is 0.615. The van der Waals surface area contributed by atoms with Gasteiger partial charge in [-0.25, -0.2) is 8.78 Å².